The van der Waals surface area contributed by atoms with Gasteiger partial charge < -0.3 is 19.5 Å². The summed E-state index contributed by atoms with van der Waals surface area (Å²) in [7, 11) is 3.22. The lowest BCUT2D eigenvalue weighted by atomic mass is 9.51. The summed E-state index contributed by atoms with van der Waals surface area (Å²) in [6, 6.07) is 19.8. The van der Waals surface area contributed by atoms with Gasteiger partial charge in [-0.2, -0.15) is 5.10 Å². The number of phenolic OH excluding ortho intramolecular Hbond substituents is 1. The maximum Gasteiger partial charge on any atom is 0.242 e. The Bertz CT molecular complexity index is 2650. The van der Waals surface area contributed by atoms with Crippen LogP contribution in [0, 0.1) is 36.0 Å². The second-order valence-electron chi connectivity index (χ2n) is 16.4. The molecule has 10 rings (SSSR count). The molecule has 5 aliphatic rings. The van der Waals surface area contributed by atoms with Crippen LogP contribution in [0.15, 0.2) is 78.4 Å². The summed E-state index contributed by atoms with van der Waals surface area (Å²) >= 11 is 7.91. The van der Waals surface area contributed by atoms with Crippen molar-refractivity contribution in [1.82, 2.24) is 9.78 Å². The van der Waals surface area contributed by atoms with Crippen molar-refractivity contribution in [2.45, 2.75) is 32.6 Å². The van der Waals surface area contributed by atoms with Gasteiger partial charge in [0.05, 0.1) is 54.1 Å². The minimum Gasteiger partial charge on any atom is -0.508 e. The van der Waals surface area contributed by atoms with Crippen molar-refractivity contribution in [3.05, 3.63) is 94.5 Å². The van der Waals surface area contributed by atoms with E-state index in [9.17, 15) is 14.7 Å². The fourth-order valence-electron chi connectivity index (χ4n) is 10.6. The summed E-state index contributed by atoms with van der Waals surface area (Å²) < 4.78 is 14.0. The number of ether oxygens (including phenoxy) is 2. The van der Waals surface area contributed by atoms with E-state index in [1.807, 2.05) is 62.4 Å². The second kappa shape index (κ2) is 13.8. The molecule has 14 heteroatoms. The highest BCUT2D eigenvalue weighted by atomic mass is 35.5. The van der Waals surface area contributed by atoms with Crippen LogP contribution in [-0.4, -0.2) is 71.9 Å². The highest BCUT2D eigenvalue weighted by Gasteiger charge is 2.68. The summed E-state index contributed by atoms with van der Waals surface area (Å²) in [5.74, 6) is -4.10. The number of hydrogen-bond donors (Lipinski definition) is 1. The Hall–Kier alpha value is -5.50. The predicted molar refractivity (Wildman–Crippen MR) is 225 cm³/mol. The van der Waals surface area contributed by atoms with Crippen LogP contribution in [0.3, 0.4) is 0 Å². The molecule has 302 valence electrons. The van der Waals surface area contributed by atoms with E-state index in [-0.39, 0.29) is 35.8 Å². The quantitative estimate of drug-likeness (QED) is 0.139. The molecule has 4 fully saturated rings. The van der Waals surface area contributed by atoms with Crippen LogP contribution in [0.5, 0.6) is 11.5 Å². The molecule has 1 saturated carbocycles. The van der Waals surface area contributed by atoms with Crippen molar-refractivity contribution in [3.63, 3.8) is 0 Å². The van der Waals surface area contributed by atoms with Crippen molar-refractivity contribution in [3.8, 4) is 22.1 Å². The molecule has 4 amide bonds. The van der Waals surface area contributed by atoms with E-state index in [1.54, 1.807) is 41.3 Å². The van der Waals surface area contributed by atoms with E-state index in [2.05, 4.69) is 4.90 Å². The highest BCUT2D eigenvalue weighted by Crippen LogP contribution is 2.65. The lowest BCUT2D eigenvalue weighted by Gasteiger charge is -2.49. The van der Waals surface area contributed by atoms with E-state index in [4.69, 9.17) is 26.2 Å². The average Bonchev–Trinajstić information content (AvgIpc) is 3.91. The van der Waals surface area contributed by atoms with E-state index in [0.29, 0.717) is 53.2 Å². The molecule has 0 unspecified atom stereocenters. The Morgan fingerprint density at radius 1 is 0.915 bits per heavy atom. The number of fused-ring (bicyclic) bond motifs is 5. The number of amides is 4. The van der Waals surface area contributed by atoms with Gasteiger partial charge in [0, 0.05) is 59.2 Å². The van der Waals surface area contributed by atoms with E-state index in [1.165, 1.54) is 23.0 Å². The smallest absolute Gasteiger partial charge is 0.242 e. The Morgan fingerprint density at radius 2 is 1.66 bits per heavy atom. The molecule has 3 aromatic carbocycles. The van der Waals surface area contributed by atoms with Crippen LogP contribution < -0.4 is 19.4 Å². The topological polar surface area (TPSA) is 135 Å². The van der Waals surface area contributed by atoms with Crippen LogP contribution in [0.4, 0.5) is 17.2 Å². The third-order valence-electron chi connectivity index (χ3n) is 13.5. The number of anilines is 3. The molecule has 59 heavy (non-hydrogen) atoms. The number of carbonyl (C=O) groups is 4. The number of imide groups is 2. The molecule has 5 heterocycles. The standard InChI is InChI=1S/C45H42ClN5O7S/c1-23-31-19-24(46)5-14-36(31)59-40(23)34-22-37(48(3)47-34)51-42(54)33-21-32-28(39(45(33,2)44(51)56)29-11-10-27(52)20-35(29)57-4)12-13-30-38(32)43(55)50(41(30)53)26-8-6-25(7-9-26)49-15-17-58-18-16-49/h5-12,14,19-20,22,30,32-33,38-39,52H,13,15-18,21H2,1-4H3/t30-,32+,33-,38-,39+,45+/m0/s1. The number of halogens is 1. The Kier molecular flexibility index (Phi) is 8.82. The first-order chi connectivity index (χ1) is 28.4. The number of carbonyl (C=O) groups excluding carboxylic acids is 4. The molecule has 0 spiro atoms. The number of phenols is 1. The summed E-state index contributed by atoms with van der Waals surface area (Å²) in [5.41, 5.74) is 3.26. The molecule has 0 radical (unpaired) electrons. The first kappa shape index (κ1) is 37.7. The van der Waals surface area contributed by atoms with E-state index in [0.717, 1.165) is 44.9 Å². The molecule has 2 aromatic heterocycles. The zero-order valence-corrected chi connectivity index (χ0v) is 34.5. The number of nitrogens with zero attached hydrogens (tertiary/aromatic N) is 5. The Labute approximate surface area is 349 Å². The van der Waals surface area contributed by atoms with Crippen LogP contribution in [-0.2, 0) is 31.0 Å². The molecular weight excluding hydrogens is 790 g/mol. The van der Waals surface area contributed by atoms with Gasteiger partial charge in [0.15, 0.2) is 0 Å². The number of aromatic hydroxyl groups is 1. The van der Waals surface area contributed by atoms with Gasteiger partial charge in [-0.05, 0) is 92.1 Å². The van der Waals surface area contributed by atoms with Crippen LogP contribution >= 0.6 is 22.9 Å². The number of allylic oxidation sites excluding steroid dienone is 2. The highest BCUT2D eigenvalue weighted by molar-refractivity contribution is 7.22. The normalized spacial score (nSPS) is 26.7. The van der Waals surface area contributed by atoms with Gasteiger partial charge in [-0.1, -0.05) is 29.3 Å². The summed E-state index contributed by atoms with van der Waals surface area (Å²) in [6.07, 6.45) is 2.52. The number of rotatable bonds is 6. The lowest BCUT2D eigenvalue weighted by molar-refractivity contribution is -0.131. The lowest BCUT2D eigenvalue weighted by Crippen LogP contribution is -2.49. The number of morpholine rings is 1. The monoisotopic (exact) mass is 831 g/mol. The number of methoxy groups -OCH3 is 1. The summed E-state index contributed by atoms with van der Waals surface area (Å²) in [5, 5.41) is 17.0. The number of thiophene rings is 1. The first-order valence-electron chi connectivity index (χ1n) is 19.9. The summed E-state index contributed by atoms with van der Waals surface area (Å²) in [6.45, 7) is 6.64. The van der Waals surface area contributed by atoms with Crippen molar-refractivity contribution in [1.29, 1.82) is 0 Å². The van der Waals surface area contributed by atoms with E-state index < -0.39 is 35.0 Å². The maximum atomic E-state index is 15.3. The SMILES string of the molecule is COc1cc(O)ccc1[C@H]1C2=CC[C@@H]3C(=O)N(c4ccc(N5CCOCC5)cc4)C(=O)[C@@H]3[C@@H]2C[C@H]2C(=O)N(c3cc(-c4sc5ccc(Cl)cc5c4C)nn3C)C(=O)[C@@]12C. The number of hydrogen-bond acceptors (Lipinski definition) is 10. The summed E-state index contributed by atoms with van der Waals surface area (Å²) in [4.78, 5) is 65.0. The molecule has 2 aliphatic carbocycles. The van der Waals surface area contributed by atoms with Crippen LogP contribution in [0.2, 0.25) is 5.02 Å². The zero-order valence-electron chi connectivity index (χ0n) is 33.0. The molecular formula is C45H42ClN5O7S. The third kappa shape index (κ3) is 5.54. The average molecular weight is 832 g/mol. The minimum atomic E-state index is -1.31. The fraction of sp³-hybridized carbons (Fsp3) is 0.356. The van der Waals surface area contributed by atoms with Gasteiger partial charge in [-0.3, -0.25) is 28.8 Å². The van der Waals surface area contributed by atoms with Crippen molar-refractivity contribution >= 4 is 73.8 Å². The van der Waals surface area contributed by atoms with Gasteiger partial charge in [0.2, 0.25) is 23.6 Å². The predicted octanol–water partition coefficient (Wildman–Crippen LogP) is 7.25. The molecule has 1 N–H and O–H groups in total. The minimum absolute atomic E-state index is 0.0131. The van der Waals surface area contributed by atoms with Crippen molar-refractivity contribution in [2.24, 2.45) is 36.1 Å². The molecule has 12 nitrogen and oxygen atoms in total. The maximum absolute atomic E-state index is 15.3. The molecule has 6 atom stereocenters. The number of aryl methyl sites for hydroxylation is 2. The number of aromatic nitrogens is 2. The van der Waals surface area contributed by atoms with Gasteiger partial charge >= 0.3 is 0 Å². The van der Waals surface area contributed by atoms with Crippen LogP contribution in [0.25, 0.3) is 20.7 Å². The van der Waals surface area contributed by atoms with Crippen molar-refractivity contribution in [2.75, 3.05) is 48.1 Å². The van der Waals surface area contributed by atoms with Crippen molar-refractivity contribution < 1.29 is 33.8 Å². The first-order valence-corrected chi connectivity index (χ1v) is 21.1. The van der Waals surface area contributed by atoms with Gasteiger partial charge in [0.25, 0.3) is 0 Å². The third-order valence-corrected chi connectivity index (χ3v) is 15.0. The zero-order chi connectivity index (χ0) is 41.1. The Morgan fingerprint density at radius 3 is 2.41 bits per heavy atom. The fourth-order valence-corrected chi connectivity index (χ4v) is 11.9. The number of benzene rings is 3. The molecule has 0 bridgehead atoms. The Balaban J connectivity index is 1.05. The largest absolute Gasteiger partial charge is 0.508 e. The molecule has 5 aromatic rings. The van der Waals surface area contributed by atoms with Gasteiger partial charge in [0.1, 0.15) is 23.0 Å². The van der Waals surface area contributed by atoms with Crippen LogP contribution in [0.1, 0.15) is 36.8 Å². The van der Waals surface area contributed by atoms with Gasteiger partial charge in [-0.15, -0.1) is 11.3 Å². The van der Waals surface area contributed by atoms with E-state index >= 15 is 9.59 Å². The second-order valence-corrected chi connectivity index (χ2v) is 17.9. The molecule has 3 saturated heterocycles. The molecule has 3 aliphatic heterocycles. The van der Waals surface area contributed by atoms with Gasteiger partial charge in [-0.25, -0.2) is 4.90 Å².